The highest BCUT2D eigenvalue weighted by Gasteiger charge is 2.23. The minimum atomic E-state index is -2.96. The molecule has 0 fully saturated rings. The van der Waals surface area contributed by atoms with Crippen LogP contribution in [0.3, 0.4) is 0 Å². The van der Waals surface area contributed by atoms with Gasteiger partial charge in [0, 0.05) is 17.6 Å². The van der Waals surface area contributed by atoms with E-state index in [9.17, 15) is 18.8 Å². The fraction of sp³-hybridized carbons (Fsp3) is 0.353. The number of benzene rings is 1. The Morgan fingerprint density at radius 2 is 2.19 bits per heavy atom. The van der Waals surface area contributed by atoms with Crippen LogP contribution in [0.5, 0.6) is 11.5 Å². The molecule has 0 spiro atoms. The van der Waals surface area contributed by atoms with Gasteiger partial charge >= 0.3 is 6.61 Å². The second-order valence-corrected chi connectivity index (χ2v) is 6.09. The normalized spacial score (nSPS) is 11.7. The van der Waals surface area contributed by atoms with Crippen molar-refractivity contribution in [1.29, 1.82) is 5.26 Å². The van der Waals surface area contributed by atoms with Gasteiger partial charge in [-0.05, 0) is 31.5 Å². The highest BCUT2D eigenvalue weighted by molar-refractivity contribution is 7.09. The number of carbonyl (C=O) groups is 1. The number of alkyl halides is 2. The number of hydrogen-bond acceptors (Lipinski definition) is 6. The van der Waals surface area contributed by atoms with Gasteiger partial charge in [0.15, 0.2) is 17.4 Å². The Bertz CT molecular complexity index is 805. The zero-order chi connectivity index (χ0) is 19.1. The quantitative estimate of drug-likeness (QED) is 0.758. The number of thiazole rings is 1. The Balaban J connectivity index is 2.07. The van der Waals surface area contributed by atoms with Crippen molar-refractivity contribution in [1.82, 2.24) is 10.3 Å². The molecular weight excluding hydrogens is 364 g/mol. The number of nitriles is 1. The summed E-state index contributed by atoms with van der Waals surface area (Å²) in [6, 6.07) is 6.34. The Labute approximate surface area is 153 Å². The maximum absolute atomic E-state index is 12.4. The summed E-state index contributed by atoms with van der Waals surface area (Å²) < 4.78 is 34.5. The number of hydrogen-bond donors (Lipinski definition) is 1. The lowest BCUT2D eigenvalue weighted by Crippen LogP contribution is -2.28. The van der Waals surface area contributed by atoms with Crippen LogP contribution in [-0.2, 0) is 11.3 Å². The molecule has 0 bridgehead atoms. The molecule has 1 aromatic heterocycles. The highest BCUT2D eigenvalue weighted by Crippen LogP contribution is 2.30. The molecule has 1 amide bonds. The molecule has 1 atom stereocenters. The third-order valence-corrected chi connectivity index (χ3v) is 4.29. The molecule has 0 radical (unpaired) electrons. The molecule has 0 saturated carbocycles. The average molecular weight is 381 g/mol. The van der Waals surface area contributed by atoms with Gasteiger partial charge in [0.2, 0.25) is 5.91 Å². The molecule has 0 unspecified atom stereocenters. The van der Waals surface area contributed by atoms with E-state index >= 15 is 0 Å². The van der Waals surface area contributed by atoms with E-state index in [1.807, 2.05) is 6.07 Å². The Kier molecular flexibility index (Phi) is 6.86. The summed E-state index contributed by atoms with van der Waals surface area (Å²) in [4.78, 5) is 16.4. The van der Waals surface area contributed by atoms with Crippen molar-refractivity contribution < 1.29 is 23.0 Å². The average Bonchev–Trinajstić information content (AvgIpc) is 3.01. The minimum Gasteiger partial charge on any atom is -0.490 e. The van der Waals surface area contributed by atoms with Gasteiger partial charge < -0.3 is 14.8 Å². The second kappa shape index (κ2) is 9.10. The molecule has 0 aliphatic heterocycles. The van der Waals surface area contributed by atoms with Gasteiger partial charge in [0.25, 0.3) is 0 Å². The van der Waals surface area contributed by atoms with Gasteiger partial charge in [-0.3, -0.25) is 4.79 Å². The summed E-state index contributed by atoms with van der Waals surface area (Å²) in [5.74, 6) is -1.40. The number of aromatic nitrogens is 1. The van der Waals surface area contributed by atoms with E-state index < -0.39 is 18.4 Å². The zero-order valence-electron chi connectivity index (χ0n) is 14.2. The Morgan fingerprint density at radius 3 is 2.77 bits per heavy atom. The van der Waals surface area contributed by atoms with Crippen molar-refractivity contribution in [2.45, 2.75) is 32.9 Å². The number of carbonyl (C=O) groups excluding carboxylic acids is 1. The number of halogens is 2. The van der Waals surface area contributed by atoms with Crippen molar-refractivity contribution in [2.75, 3.05) is 6.61 Å². The van der Waals surface area contributed by atoms with E-state index in [1.54, 1.807) is 19.2 Å². The summed E-state index contributed by atoms with van der Waals surface area (Å²) in [5.41, 5.74) is 1.37. The Morgan fingerprint density at radius 1 is 1.42 bits per heavy atom. The molecule has 1 aromatic carbocycles. The number of nitrogens with one attached hydrogen (secondary N) is 1. The third kappa shape index (κ3) is 5.13. The van der Waals surface area contributed by atoms with Crippen LogP contribution in [0.15, 0.2) is 23.6 Å². The summed E-state index contributed by atoms with van der Waals surface area (Å²) in [6.45, 7) is 0.919. The molecule has 1 N–H and O–H groups in total. The first kappa shape index (κ1) is 19.6. The highest BCUT2D eigenvalue weighted by atomic mass is 32.1. The number of amides is 1. The van der Waals surface area contributed by atoms with Crippen molar-refractivity contribution in [3.63, 3.8) is 0 Å². The largest absolute Gasteiger partial charge is 0.490 e. The van der Waals surface area contributed by atoms with Crippen molar-refractivity contribution in [3.05, 3.63) is 39.8 Å². The van der Waals surface area contributed by atoms with Crippen LogP contribution in [0.4, 0.5) is 8.78 Å². The Hall–Kier alpha value is -2.73. The fourth-order valence-corrected chi connectivity index (χ4v) is 2.98. The van der Waals surface area contributed by atoms with Crippen LogP contribution in [0.1, 0.15) is 29.1 Å². The fourth-order valence-electron chi connectivity index (χ4n) is 2.15. The van der Waals surface area contributed by atoms with Gasteiger partial charge in [0.1, 0.15) is 5.01 Å². The first-order chi connectivity index (χ1) is 12.4. The van der Waals surface area contributed by atoms with Crippen LogP contribution >= 0.6 is 11.3 Å². The molecule has 6 nitrogen and oxygen atoms in total. The standard InChI is InChI=1S/C17H17F2N3O3S/c1-3-24-14-6-11(4-5-13(14)25-17(18)19)8-21-15(23)12(7-20)16-22-10(2)9-26-16/h4-6,9,12,17H,3,8H2,1-2H3,(H,21,23)/t12-/m0/s1. The van der Waals surface area contributed by atoms with Crippen LogP contribution in [0.2, 0.25) is 0 Å². The van der Waals surface area contributed by atoms with E-state index in [2.05, 4.69) is 15.0 Å². The maximum Gasteiger partial charge on any atom is 0.387 e. The van der Waals surface area contributed by atoms with E-state index in [-0.39, 0.29) is 24.7 Å². The number of aryl methyl sites for hydroxylation is 1. The van der Waals surface area contributed by atoms with E-state index in [4.69, 9.17) is 4.74 Å². The summed E-state index contributed by atoms with van der Waals surface area (Å²) in [7, 11) is 0. The molecule has 2 rings (SSSR count). The van der Waals surface area contributed by atoms with Crippen LogP contribution in [-0.4, -0.2) is 24.1 Å². The lowest BCUT2D eigenvalue weighted by atomic mass is 10.1. The van der Waals surface area contributed by atoms with Crippen molar-refractivity contribution in [3.8, 4) is 17.6 Å². The van der Waals surface area contributed by atoms with Gasteiger partial charge in [-0.1, -0.05) is 6.07 Å². The molecule has 26 heavy (non-hydrogen) atoms. The van der Waals surface area contributed by atoms with E-state index in [0.29, 0.717) is 10.6 Å². The van der Waals surface area contributed by atoms with Gasteiger partial charge in [-0.25, -0.2) is 4.98 Å². The number of nitrogens with zero attached hydrogens (tertiary/aromatic N) is 2. The van der Waals surface area contributed by atoms with Gasteiger partial charge in [-0.2, -0.15) is 14.0 Å². The second-order valence-electron chi connectivity index (χ2n) is 5.20. The monoisotopic (exact) mass is 381 g/mol. The molecular formula is C17H17F2N3O3S. The van der Waals surface area contributed by atoms with Crippen LogP contribution < -0.4 is 14.8 Å². The predicted molar refractivity (Wildman–Crippen MR) is 91.3 cm³/mol. The van der Waals surface area contributed by atoms with Crippen LogP contribution in [0, 0.1) is 18.3 Å². The van der Waals surface area contributed by atoms with E-state index in [0.717, 1.165) is 5.69 Å². The first-order valence-corrected chi connectivity index (χ1v) is 8.62. The van der Waals surface area contributed by atoms with Crippen LogP contribution in [0.25, 0.3) is 0 Å². The van der Waals surface area contributed by atoms with Gasteiger partial charge in [-0.15, -0.1) is 11.3 Å². The summed E-state index contributed by atoms with van der Waals surface area (Å²) >= 11 is 1.25. The lowest BCUT2D eigenvalue weighted by molar-refractivity contribution is -0.121. The number of ether oxygens (including phenoxy) is 2. The molecule has 138 valence electrons. The third-order valence-electron chi connectivity index (χ3n) is 3.27. The first-order valence-electron chi connectivity index (χ1n) is 7.74. The molecule has 1 heterocycles. The summed E-state index contributed by atoms with van der Waals surface area (Å²) in [5, 5.41) is 14.1. The van der Waals surface area contributed by atoms with E-state index in [1.165, 1.54) is 29.5 Å². The topological polar surface area (TPSA) is 84.2 Å². The maximum atomic E-state index is 12.4. The van der Waals surface area contributed by atoms with Crippen molar-refractivity contribution in [2.24, 2.45) is 0 Å². The SMILES string of the molecule is CCOc1cc(CNC(=O)[C@H](C#N)c2nc(C)cs2)ccc1OC(F)F. The lowest BCUT2D eigenvalue weighted by Gasteiger charge is -2.13. The van der Waals surface area contributed by atoms with Gasteiger partial charge in [0.05, 0.1) is 12.7 Å². The molecule has 9 heteroatoms. The zero-order valence-corrected chi connectivity index (χ0v) is 15.0. The minimum absolute atomic E-state index is 0.0786. The predicted octanol–water partition coefficient (Wildman–Crippen LogP) is 3.38. The molecule has 0 aliphatic carbocycles. The summed E-state index contributed by atoms with van der Waals surface area (Å²) in [6.07, 6.45) is 0. The molecule has 2 aromatic rings. The molecule has 0 saturated heterocycles. The molecule has 0 aliphatic rings. The van der Waals surface area contributed by atoms with Crippen molar-refractivity contribution >= 4 is 17.2 Å². The smallest absolute Gasteiger partial charge is 0.387 e. The number of rotatable bonds is 8.